The molecule has 4 rings (SSSR count). The monoisotopic (exact) mass is 417 g/mol. The van der Waals surface area contributed by atoms with Crippen molar-refractivity contribution >= 4 is 15.7 Å². The number of sulfone groups is 1. The number of carbonyl (C=O) groups excluding carboxylic acids is 1. The molecule has 0 bridgehead atoms. The van der Waals surface area contributed by atoms with Crippen molar-refractivity contribution in [3.05, 3.63) is 54.1 Å². The predicted molar refractivity (Wildman–Crippen MR) is 107 cm³/mol. The van der Waals surface area contributed by atoms with Gasteiger partial charge >= 0.3 is 0 Å². The minimum Gasteiger partial charge on any atom is -0.497 e. The lowest BCUT2D eigenvalue weighted by atomic mass is 10.1. The van der Waals surface area contributed by atoms with Crippen LogP contribution >= 0.6 is 0 Å². The third kappa shape index (κ3) is 4.32. The molecule has 1 amide bonds. The van der Waals surface area contributed by atoms with Crippen LogP contribution < -0.4 is 14.2 Å². The molecule has 0 aromatic heterocycles. The van der Waals surface area contributed by atoms with E-state index in [9.17, 15) is 13.2 Å². The number of amides is 1. The summed E-state index contributed by atoms with van der Waals surface area (Å²) < 4.78 is 40.8. The Morgan fingerprint density at radius 1 is 1.14 bits per heavy atom. The molecule has 0 unspecified atom stereocenters. The molecule has 2 heterocycles. The van der Waals surface area contributed by atoms with E-state index in [1.54, 1.807) is 24.1 Å². The maximum Gasteiger partial charge on any atom is 0.267 e. The normalized spacial score (nSPS) is 22.1. The highest BCUT2D eigenvalue weighted by atomic mass is 32.2. The molecule has 2 atom stereocenters. The highest BCUT2D eigenvalue weighted by molar-refractivity contribution is 7.91. The zero-order valence-electron chi connectivity index (χ0n) is 16.1. The van der Waals surface area contributed by atoms with Crippen molar-refractivity contribution < 1.29 is 27.4 Å². The first-order valence-electron chi connectivity index (χ1n) is 9.47. The van der Waals surface area contributed by atoms with E-state index < -0.39 is 15.9 Å². The Bertz CT molecular complexity index is 988. The molecule has 29 heavy (non-hydrogen) atoms. The number of hydrogen-bond acceptors (Lipinski definition) is 6. The van der Waals surface area contributed by atoms with Gasteiger partial charge in [0.2, 0.25) is 6.10 Å². The minimum absolute atomic E-state index is 0.0287. The molecule has 0 N–H and O–H groups in total. The standard InChI is InChI=1S/C21H23NO6S/c1-26-17-8-6-15(7-9-17)12-22(16-10-11-29(24,25)14-16)21(23)20-13-27-18-4-2-3-5-19(18)28-20/h2-9,16,20H,10-14H2,1H3/t16-,20+/m1/s1. The van der Waals surface area contributed by atoms with E-state index in [0.29, 0.717) is 24.5 Å². The predicted octanol–water partition coefficient (Wildman–Crippen LogP) is 2.05. The molecule has 2 aliphatic rings. The van der Waals surface area contributed by atoms with Gasteiger partial charge in [0.1, 0.15) is 12.4 Å². The maximum absolute atomic E-state index is 13.3. The Morgan fingerprint density at radius 3 is 2.52 bits per heavy atom. The maximum atomic E-state index is 13.3. The van der Waals surface area contributed by atoms with Crippen molar-refractivity contribution in [2.75, 3.05) is 25.2 Å². The van der Waals surface area contributed by atoms with Gasteiger partial charge < -0.3 is 19.1 Å². The molecule has 2 aliphatic heterocycles. The van der Waals surface area contributed by atoms with Gasteiger partial charge in [-0.25, -0.2) is 8.42 Å². The van der Waals surface area contributed by atoms with Crippen LogP contribution in [-0.4, -0.2) is 56.6 Å². The van der Waals surface area contributed by atoms with Crippen molar-refractivity contribution in [1.82, 2.24) is 4.90 Å². The molecular formula is C21H23NO6S. The fourth-order valence-corrected chi connectivity index (χ4v) is 5.39. The van der Waals surface area contributed by atoms with E-state index in [-0.39, 0.29) is 30.1 Å². The summed E-state index contributed by atoms with van der Waals surface area (Å²) in [4.78, 5) is 15.0. The lowest BCUT2D eigenvalue weighted by Crippen LogP contribution is -2.50. The van der Waals surface area contributed by atoms with E-state index in [2.05, 4.69) is 0 Å². The first kappa shape index (κ1) is 19.6. The molecule has 1 saturated heterocycles. The Morgan fingerprint density at radius 2 is 1.86 bits per heavy atom. The van der Waals surface area contributed by atoms with Crippen LogP contribution in [0.5, 0.6) is 17.2 Å². The quantitative estimate of drug-likeness (QED) is 0.741. The van der Waals surface area contributed by atoms with Gasteiger partial charge in [0.15, 0.2) is 21.3 Å². The summed E-state index contributed by atoms with van der Waals surface area (Å²) in [5.74, 6) is 1.63. The van der Waals surface area contributed by atoms with Crippen molar-refractivity contribution in [1.29, 1.82) is 0 Å². The summed E-state index contributed by atoms with van der Waals surface area (Å²) in [5.41, 5.74) is 0.889. The average Bonchev–Trinajstić information content (AvgIpc) is 3.11. The van der Waals surface area contributed by atoms with Gasteiger partial charge in [0.25, 0.3) is 5.91 Å². The van der Waals surface area contributed by atoms with Crippen LogP contribution in [-0.2, 0) is 21.2 Å². The summed E-state index contributed by atoms with van der Waals surface area (Å²) in [6.45, 7) is 0.388. The first-order chi connectivity index (χ1) is 13.9. The number of nitrogens with zero attached hydrogens (tertiary/aromatic N) is 1. The van der Waals surface area contributed by atoms with Gasteiger partial charge in [-0.05, 0) is 36.2 Å². The fourth-order valence-electron chi connectivity index (χ4n) is 3.66. The van der Waals surface area contributed by atoms with Crippen molar-refractivity contribution in [3.8, 4) is 17.2 Å². The SMILES string of the molecule is COc1ccc(CN(C(=O)[C@@H]2COc3ccccc3O2)[C@@H]2CCS(=O)(=O)C2)cc1. The van der Waals surface area contributed by atoms with Crippen LogP contribution in [0, 0.1) is 0 Å². The molecule has 0 aliphatic carbocycles. The molecule has 0 radical (unpaired) electrons. The minimum atomic E-state index is -3.14. The molecule has 0 spiro atoms. The molecular weight excluding hydrogens is 394 g/mol. The van der Waals surface area contributed by atoms with E-state index >= 15 is 0 Å². The zero-order valence-corrected chi connectivity index (χ0v) is 16.9. The number of carbonyl (C=O) groups is 1. The van der Waals surface area contributed by atoms with Gasteiger partial charge in [-0.3, -0.25) is 4.79 Å². The Labute approximate surface area is 170 Å². The van der Waals surface area contributed by atoms with E-state index in [0.717, 1.165) is 11.3 Å². The van der Waals surface area contributed by atoms with Gasteiger partial charge in [0.05, 0.1) is 18.6 Å². The Kier molecular flexibility index (Phi) is 5.36. The zero-order chi connectivity index (χ0) is 20.4. The second-order valence-corrected chi connectivity index (χ2v) is 9.46. The molecule has 7 nitrogen and oxygen atoms in total. The molecule has 2 aromatic rings. The Hall–Kier alpha value is -2.74. The summed E-state index contributed by atoms with van der Waals surface area (Å²) in [5, 5.41) is 0. The molecule has 154 valence electrons. The molecule has 0 saturated carbocycles. The third-order valence-corrected chi connectivity index (χ3v) is 6.98. The summed E-state index contributed by atoms with van der Waals surface area (Å²) in [6, 6.07) is 14.2. The smallest absolute Gasteiger partial charge is 0.267 e. The van der Waals surface area contributed by atoms with Crippen LogP contribution in [0.25, 0.3) is 0 Å². The van der Waals surface area contributed by atoms with Crippen molar-refractivity contribution in [2.45, 2.75) is 25.1 Å². The average molecular weight is 417 g/mol. The van der Waals surface area contributed by atoms with Crippen LogP contribution in [0.15, 0.2) is 48.5 Å². The number of hydrogen-bond donors (Lipinski definition) is 0. The Balaban J connectivity index is 1.56. The van der Waals surface area contributed by atoms with Crippen molar-refractivity contribution in [2.24, 2.45) is 0 Å². The van der Waals surface area contributed by atoms with E-state index in [1.807, 2.05) is 36.4 Å². The number of para-hydroxylation sites is 2. The van der Waals surface area contributed by atoms with Crippen LogP contribution in [0.2, 0.25) is 0 Å². The first-order valence-corrected chi connectivity index (χ1v) is 11.3. The van der Waals surface area contributed by atoms with Gasteiger partial charge in [0, 0.05) is 12.6 Å². The van der Waals surface area contributed by atoms with Gasteiger partial charge in [-0.1, -0.05) is 24.3 Å². The van der Waals surface area contributed by atoms with Gasteiger partial charge in [-0.2, -0.15) is 0 Å². The highest BCUT2D eigenvalue weighted by Gasteiger charge is 2.39. The molecule has 2 aromatic carbocycles. The van der Waals surface area contributed by atoms with Gasteiger partial charge in [-0.15, -0.1) is 0 Å². The second-order valence-electron chi connectivity index (χ2n) is 7.24. The topological polar surface area (TPSA) is 82.1 Å². The number of fused-ring (bicyclic) bond motifs is 1. The lowest BCUT2D eigenvalue weighted by Gasteiger charge is -2.34. The number of benzene rings is 2. The van der Waals surface area contributed by atoms with Crippen molar-refractivity contribution in [3.63, 3.8) is 0 Å². The summed E-state index contributed by atoms with van der Waals surface area (Å²) in [6.07, 6.45) is -0.388. The van der Waals surface area contributed by atoms with Crippen LogP contribution in [0.3, 0.4) is 0 Å². The third-order valence-electron chi connectivity index (χ3n) is 5.23. The lowest BCUT2D eigenvalue weighted by molar-refractivity contribution is -0.143. The van der Waals surface area contributed by atoms with E-state index in [1.165, 1.54) is 0 Å². The number of rotatable bonds is 5. The number of ether oxygens (including phenoxy) is 3. The second kappa shape index (κ2) is 7.94. The highest BCUT2D eigenvalue weighted by Crippen LogP contribution is 2.32. The molecule has 1 fully saturated rings. The van der Waals surface area contributed by atoms with Crippen LogP contribution in [0.4, 0.5) is 0 Å². The summed E-state index contributed by atoms with van der Waals surface area (Å²) >= 11 is 0. The van der Waals surface area contributed by atoms with E-state index in [4.69, 9.17) is 14.2 Å². The molecule has 8 heteroatoms. The van der Waals surface area contributed by atoms with Crippen LogP contribution in [0.1, 0.15) is 12.0 Å². The fraction of sp³-hybridized carbons (Fsp3) is 0.381. The largest absolute Gasteiger partial charge is 0.497 e. The summed E-state index contributed by atoms with van der Waals surface area (Å²) in [7, 11) is -1.55. The number of methoxy groups -OCH3 is 1.